The number of rotatable bonds is 6. The number of hydrogen-bond donors (Lipinski definition) is 3. The molecule has 31 heavy (non-hydrogen) atoms. The van der Waals surface area contributed by atoms with E-state index in [9.17, 15) is 9.18 Å². The van der Waals surface area contributed by atoms with Crippen LogP contribution in [0.3, 0.4) is 0 Å². The predicted octanol–water partition coefficient (Wildman–Crippen LogP) is 5.18. The molecule has 0 spiro atoms. The van der Waals surface area contributed by atoms with Crippen LogP contribution >= 0.6 is 24.2 Å². The number of thiol groups is 1. The molecular weight excluding hydrogens is 439 g/mol. The fourth-order valence-corrected chi connectivity index (χ4v) is 3.16. The monoisotopic (exact) mass is 458 g/mol. The van der Waals surface area contributed by atoms with E-state index in [1.54, 1.807) is 31.3 Å². The van der Waals surface area contributed by atoms with E-state index in [1.807, 2.05) is 24.3 Å². The third-order valence-corrected chi connectivity index (χ3v) is 4.44. The van der Waals surface area contributed by atoms with Crippen molar-refractivity contribution in [2.75, 3.05) is 13.7 Å². The van der Waals surface area contributed by atoms with Crippen molar-refractivity contribution in [3.8, 4) is 22.9 Å². The Morgan fingerprint density at radius 2 is 2.00 bits per heavy atom. The van der Waals surface area contributed by atoms with Crippen molar-refractivity contribution in [3.05, 3.63) is 82.6 Å². The minimum atomic E-state index is -1.10. The van der Waals surface area contributed by atoms with Gasteiger partial charge in [-0.25, -0.2) is 9.18 Å². The summed E-state index contributed by atoms with van der Waals surface area (Å²) in [6, 6.07) is 18.4. The highest BCUT2D eigenvalue weighted by Gasteiger charge is 2.12. The molecule has 0 aliphatic carbocycles. The van der Waals surface area contributed by atoms with Gasteiger partial charge < -0.3 is 15.2 Å². The summed E-state index contributed by atoms with van der Waals surface area (Å²) in [6.45, 7) is 0.0887. The van der Waals surface area contributed by atoms with E-state index in [4.69, 9.17) is 26.7 Å². The molecule has 0 saturated carbocycles. The first kappa shape index (κ1) is 24.2. The summed E-state index contributed by atoms with van der Waals surface area (Å²) in [5, 5.41) is 21.5. The Kier molecular flexibility index (Phi) is 9.35. The molecule has 2 N–H and O–H groups in total. The fraction of sp³-hybridized carbons (Fsp3) is 0.130. The van der Waals surface area contributed by atoms with E-state index < -0.39 is 18.4 Å². The van der Waals surface area contributed by atoms with E-state index in [2.05, 4.69) is 17.9 Å². The first-order valence-electron chi connectivity index (χ1n) is 9.10. The summed E-state index contributed by atoms with van der Waals surface area (Å²) >= 11 is 9.67. The minimum absolute atomic E-state index is 0.184. The van der Waals surface area contributed by atoms with Crippen LogP contribution in [0.15, 0.2) is 65.6 Å². The van der Waals surface area contributed by atoms with Gasteiger partial charge in [0, 0.05) is 22.0 Å². The Morgan fingerprint density at radius 1 is 1.23 bits per heavy atom. The molecule has 3 aromatic carbocycles. The first-order valence-corrected chi connectivity index (χ1v) is 9.92. The van der Waals surface area contributed by atoms with Gasteiger partial charge in [0.15, 0.2) is 6.61 Å². The molecule has 0 unspecified atom stereocenters. The van der Waals surface area contributed by atoms with Crippen LogP contribution < -0.4 is 10.1 Å². The molecule has 0 amide bonds. The van der Waals surface area contributed by atoms with E-state index in [-0.39, 0.29) is 5.56 Å². The number of carbonyl (C=O) groups is 1. The summed E-state index contributed by atoms with van der Waals surface area (Å²) in [7, 11) is 1.80. The van der Waals surface area contributed by atoms with Gasteiger partial charge in [0.25, 0.3) is 0 Å². The third-order valence-electron chi connectivity index (χ3n) is 3.92. The lowest BCUT2D eigenvalue weighted by Crippen LogP contribution is -2.10. The number of nitriles is 1. The normalized spacial score (nSPS) is 9.90. The topological polar surface area (TPSA) is 82.3 Å². The van der Waals surface area contributed by atoms with Crippen LogP contribution in [-0.2, 0) is 11.3 Å². The Bertz CT molecular complexity index is 1090. The van der Waals surface area contributed by atoms with Gasteiger partial charge >= 0.3 is 5.97 Å². The Balaban J connectivity index is 0.000000357. The van der Waals surface area contributed by atoms with Crippen LogP contribution in [0.4, 0.5) is 4.39 Å². The molecule has 3 rings (SSSR count). The largest absolute Gasteiger partial charge is 0.481 e. The molecule has 0 aromatic heterocycles. The van der Waals surface area contributed by atoms with Gasteiger partial charge in [0.2, 0.25) is 0 Å². The summed E-state index contributed by atoms with van der Waals surface area (Å²) in [5.74, 6) is -1.32. The van der Waals surface area contributed by atoms with Crippen LogP contribution in [-0.4, -0.2) is 24.7 Å². The second kappa shape index (κ2) is 12.0. The zero-order chi connectivity index (χ0) is 22.8. The van der Waals surface area contributed by atoms with Crippen LogP contribution in [0.1, 0.15) is 11.1 Å². The second-order valence-corrected chi connectivity index (χ2v) is 7.32. The van der Waals surface area contributed by atoms with Gasteiger partial charge in [-0.3, -0.25) is 0 Å². The molecule has 0 fully saturated rings. The fourth-order valence-electron chi connectivity index (χ4n) is 2.67. The number of aliphatic carboxylic acids is 1. The highest BCUT2D eigenvalue weighted by molar-refractivity contribution is 7.80. The van der Waals surface area contributed by atoms with Crippen molar-refractivity contribution in [1.29, 1.82) is 5.26 Å². The number of halogens is 2. The predicted molar refractivity (Wildman–Crippen MR) is 121 cm³/mol. The SMILES string of the molecule is CNCc1ccc(OCC(=O)O)c(-c2cc(F)cc(C#N)c2)c1.Sc1cccc(Cl)c1. The van der Waals surface area contributed by atoms with Crippen molar-refractivity contribution < 1.29 is 19.0 Å². The number of nitrogens with one attached hydrogen (secondary N) is 1. The molecule has 0 aliphatic rings. The average Bonchev–Trinajstić information content (AvgIpc) is 2.72. The van der Waals surface area contributed by atoms with Crippen molar-refractivity contribution >= 4 is 30.2 Å². The highest BCUT2D eigenvalue weighted by Crippen LogP contribution is 2.32. The molecule has 0 atom stereocenters. The number of carboxylic acid groups (broad SMARTS) is 1. The van der Waals surface area contributed by atoms with E-state index in [0.717, 1.165) is 21.5 Å². The van der Waals surface area contributed by atoms with Crippen LogP contribution in [0.25, 0.3) is 11.1 Å². The van der Waals surface area contributed by atoms with Crippen LogP contribution in [0.2, 0.25) is 5.02 Å². The van der Waals surface area contributed by atoms with Crippen LogP contribution in [0.5, 0.6) is 5.75 Å². The lowest BCUT2D eigenvalue weighted by Gasteiger charge is -2.13. The zero-order valence-electron chi connectivity index (χ0n) is 16.6. The van der Waals surface area contributed by atoms with Crippen molar-refractivity contribution in [1.82, 2.24) is 5.32 Å². The maximum absolute atomic E-state index is 13.7. The van der Waals surface area contributed by atoms with Crippen molar-refractivity contribution in [2.24, 2.45) is 0 Å². The number of ether oxygens (including phenoxy) is 1. The van der Waals surface area contributed by atoms with Gasteiger partial charge in [-0.15, -0.1) is 12.6 Å². The number of benzene rings is 3. The Hall–Kier alpha value is -3.05. The van der Waals surface area contributed by atoms with Crippen molar-refractivity contribution in [3.63, 3.8) is 0 Å². The summed E-state index contributed by atoms with van der Waals surface area (Å²) in [4.78, 5) is 11.6. The number of hydrogen-bond acceptors (Lipinski definition) is 5. The maximum atomic E-state index is 13.7. The lowest BCUT2D eigenvalue weighted by atomic mass is 10.00. The molecule has 5 nitrogen and oxygen atoms in total. The molecular formula is C23H20ClFN2O3S. The summed E-state index contributed by atoms with van der Waals surface area (Å²) < 4.78 is 19.0. The Labute approximate surface area is 190 Å². The third kappa shape index (κ3) is 7.95. The molecule has 0 bridgehead atoms. The van der Waals surface area contributed by atoms with Gasteiger partial charge in [-0.05, 0) is 66.7 Å². The molecule has 0 aliphatic heterocycles. The number of nitrogens with zero attached hydrogens (tertiary/aromatic N) is 1. The molecule has 8 heteroatoms. The standard InChI is InChI=1S/C17H15FN2O3.C6H5ClS/c1-20-9-11-2-3-16(23-10-17(21)22)15(6-11)13-4-12(8-19)5-14(18)7-13;7-5-2-1-3-6(8)4-5/h2-7,20H,9-10H2,1H3,(H,21,22);1-4,8H. The molecule has 0 heterocycles. The second-order valence-electron chi connectivity index (χ2n) is 6.36. The van der Waals surface area contributed by atoms with E-state index in [0.29, 0.717) is 23.4 Å². The van der Waals surface area contributed by atoms with E-state index >= 15 is 0 Å². The smallest absolute Gasteiger partial charge is 0.341 e. The number of carboxylic acids is 1. The van der Waals surface area contributed by atoms with E-state index in [1.165, 1.54) is 12.1 Å². The molecule has 3 aromatic rings. The summed E-state index contributed by atoms with van der Waals surface area (Å²) in [5.41, 5.74) is 2.10. The zero-order valence-corrected chi connectivity index (χ0v) is 18.3. The minimum Gasteiger partial charge on any atom is -0.481 e. The van der Waals surface area contributed by atoms with Gasteiger partial charge in [0.1, 0.15) is 11.6 Å². The van der Waals surface area contributed by atoms with Crippen LogP contribution in [0, 0.1) is 17.1 Å². The molecule has 160 valence electrons. The summed E-state index contributed by atoms with van der Waals surface area (Å²) in [6.07, 6.45) is 0. The molecule has 0 radical (unpaired) electrons. The highest BCUT2D eigenvalue weighted by atomic mass is 35.5. The quantitative estimate of drug-likeness (QED) is 0.443. The van der Waals surface area contributed by atoms with Gasteiger partial charge in [-0.2, -0.15) is 5.26 Å². The maximum Gasteiger partial charge on any atom is 0.341 e. The molecule has 0 saturated heterocycles. The van der Waals surface area contributed by atoms with Gasteiger partial charge in [-0.1, -0.05) is 23.7 Å². The lowest BCUT2D eigenvalue weighted by molar-refractivity contribution is -0.139. The Morgan fingerprint density at radius 3 is 2.58 bits per heavy atom. The average molecular weight is 459 g/mol. The van der Waals surface area contributed by atoms with Gasteiger partial charge in [0.05, 0.1) is 11.6 Å². The first-order chi connectivity index (χ1) is 14.8. The van der Waals surface area contributed by atoms with Crippen molar-refractivity contribution in [2.45, 2.75) is 11.4 Å².